The average molecular weight is 329 g/mol. The minimum absolute atomic E-state index is 0.542. The van der Waals surface area contributed by atoms with Gasteiger partial charge in [0.2, 0.25) is 0 Å². The van der Waals surface area contributed by atoms with Crippen molar-refractivity contribution in [3.05, 3.63) is 10.8 Å². The van der Waals surface area contributed by atoms with Crippen molar-refractivity contribution < 1.29 is 5.11 Å². The van der Waals surface area contributed by atoms with E-state index < -0.39 is 5.60 Å². The Morgan fingerprint density at radius 2 is 2.11 bits per heavy atom. The van der Waals surface area contributed by atoms with E-state index in [0.29, 0.717) is 0 Å². The molecule has 0 aromatic carbocycles. The molecular weight excluding hydrogens is 308 g/mol. The third-order valence-corrected chi connectivity index (χ3v) is 4.18. The van der Waals surface area contributed by atoms with Crippen LogP contribution in [0.4, 0.5) is 11.6 Å². The van der Waals surface area contributed by atoms with E-state index in [2.05, 4.69) is 43.0 Å². The summed E-state index contributed by atoms with van der Waals surface area (Å²) in [5.41, 5.74) is -0.542. The van der Waals surface area contributed by atoms with Gasteiger partial charge in [-0.25, -0.2) is 9.97 Å². The van der Waals surface area contributed by atoms with Gasteiger partial charge in [-0.2, -0.15) is 0 Å². The number of anilines is 2. The molecule has 0 bridgehead atoms. The minimum Gasteiger partial charge on any atom is -0.390 e. The molecule has 1 aliphatic heterocycles. The summed E-state index contributed by atoms with van der Waals surface area (Å²) >= 11 is 3.58. The van der Waals surface area contributed by atoms with Crippen molar-refractivity contribution >= 4 is 27.6 Å². The zero-order valence-corrected chi connectivity index (χ0v) is 13.1. The van der Waals surface area contributed by atoms with Gasteiger partial charge in [-0.05, 0) is 42.1 Å². The molecule has 1 aromatic heterocycles. The summed E-state index contributed by atoms with van der Waals surface area (Å²) < 4.78 is 0.907. The second-order valence-electron chi connectivity index (χ2n) is 5.27. The van der Waals surface area contributed by atoms with Crippen LogP contribution in [0.2, 0.25) is 0 Å². The zero-order valence-electron chi connectivity index (χ0n) is 11.5. The fourth-order valence-electron chi connectivity index (χ4n) is 2.15. The quantitative estimate of drug-likeness (QED) is 0.888. The fraction of sp³-hybridized carbons (Fsp3) is 0.692. The van der Waals surface area contributed by atoms with Gasteiger partial charge in [-0.3, -0.25) is 0 Å². The molecule has 1 aromatic rings. The Hall–Kier alpha value is -0.880. The molecule has 1 saturated heterocycles. The van der Waals surface area contributed by atoms with Crippen molar-refractivity contribution in [1.29, 1.82) is 0 Å². The standard InChI is InChI=1S/C13H21BrN4O/c1-3-6-15-11-10(14)12(17-9-16-11)18-7-4-13(2,19)5-8-18/h9,19H,3-8H2,1-2H3,(H,15,16,17). The average Bonchev–Trinajstić information content (AvgIpc) is 2.38. The van der Waals surface area contributed by atoms with Crippen molar-refractivity contribution in [2.75, 3.05) is 29.9 Å². The van der Waals surface area contributed by atoms with Gasteiger partial charge >= 0.3 is 0 Å². The fourth-order valence-corrected chi connectivity index (χ4v) is 2.74. The van der Waals surface area contributed by atoms with Crippen molar-refractivity contribution in [2.24, 2.45) is 0 Å². The van der Waals surface area contributed by atoms with Gasteiger partial charge in [0.15, 0.2) is 0 Å². The van der Waals surface area contributed by atoms with Gasteiger partial charge in [0.05, 0.1) is 5.60 Å². The van der Waals surface area contributed by atoms with Gasteiger partial charge < -0.3 is 15.3 Å². The summed E-state index contributed by atoms with van der Waals surface area (Å²) in [6, 6.07) is 0. The van der Waals surface area contributed by atoms with Crippen LogP contribution >= 0.6 is 15.9 Å². The Kier molecular flexibility index (Phi) is 4.62. The number of hydrogen-bond donors (Lipinski definition) is 2. The molecule has 1 aliphatic rings. The highest BCUT2D eigenvalue weighted by atomic mass is 79.9. The lowest BCUT2D eigenvalue weighted by atomic mass is 9.94. The van der Waals surface area contributed by atoms with E-state index in [-0.39, 0.29) is 0 Å². The van der Waals surface area contributed by atoms with Crippen LogP contribution in [0.25, 0.3) is 0 Å². The third kappa shape index (κ3) is 3.57. The van der Waals surface area contributed by atoms with Crippen LogP contribution in [0.5, 0.6) is 0 Å². The Bertz CT molecular complexity index is 429. The first-order valence-electron chi connectivity index (χ1n) is 6.75. The van der Waals surface area contributed by atoms with Gasteiger partial charge in [0.25, 0.3) is 0 Å². The number of rotatable bonds is 4. The molecule has 2 N–H and O–H groups in total. The maximum atomic E-state index is 10.00. The SMILES string of the molecule is CCCNc1ncnc(N2CCC(C)(O)CC2)c1Br. The summed E-state index contributed by atoms with van der Waals surface area (Å²) in [5.74, 6) is 1.74. The van der Waals surface area contributed by atoms with Crippen LogP contribution in [0.1, 0.15) is 33.1 Å². The molecule has 0 unspecified atom stereocenters. The Morgan fingerprint density at radius 3 is 2.74 bits per heavy atom. The van der Waals surface area contributed by atoms with Gasteiger partial charge in [0.1, 0.15) is 22.4 Å². The lowest BCUT2D eigenvalue weighted by molar-refractivity contribution is 0.0350. The van der Waals surface area contributed by atoms with E-state index >= 15 is 0 Å². The maximum absolute atomic E-state index is 10.00. The Morgan fingerprint density at radius 1 is 1.42 bits per heavy atom. The molecule has 0 aliphatic carbocycles. The molecule has 106 valence electrons. The van der Waals surface area contributed by atoms with E-state index in [9.17, 15) is 5.11 Å². The van der Waals surface area contributed by atoms with Crippen LogP contribution in [0.3, 0.4) is 0 Å². The summed E-state index contributed by atoms with van der Waals surface area (Å²) in [6.45, 7) is 6.54. The molecule has 6 heteroatoms. The smallest absolute Gasteiger partial charge is 0.148 e. The first kappa shape index (κ1) is 14.5. The Labute approximate surface area is 122 Å². The minimum atomic E-state index is -0.542. The molecule has 0 amide bonds. The predicted molar refractivity (Wildman–Crippen MR) is 80.6 cm³/mol. The number of nitrogens with one attached hydrogen (secondary N) is 1. The van der Waals surface area contributed by atoms with Crippen molar-refractivity contribution in [3.63, 3.8) is 0 Å². The molecule has 19 heavy (non-hydrogen) atoms. The third-order valence-electron chi connectivity index (χ3n) is 3.45. The number of hydrogen-bond acceptors (Lipinski definition) is 5. The van der Waals surface area contributed by atoms with Crippen LogP contribution in [-0.4, -0.2) is 40.3 Å². The number of halogens is 1. The monoisotopic (exact) mass is 328 g/mol. The van der Waals surface area contributed by atoms with Crippen LogP contribution in [0, 0.1) is 0 Å². The lowest BCUT2D eigenvalue weighted by Crippen LogP contribution is -2.43. The first-order valence-corrected chi connectivity index (χ1v) is 7.54. The molecule has 0 spiro atoms. The maximum Gasteiger partial charge on any atom is 0.148 e. The second-order valence-corrected chi connectivity index (χ2v) is 6.06. The summed E-state index contributed by atoms with van der Waals surface area (Å²) in [6.07, 6.45) is 4.17. The number of nitrogens with zero attached hydrogens (tertiary/aromatic N) is 3. The summed E-state index contributed by atoms with van der Waals surface area (Å²) in [7, 11) is 0. The summed E-state index contributed by atoms with van der Waals surface area (Å²) in [5, 5.41) is 13.3. The molecule has 2 rings (SSSR count). The molecule has 0 saturated carbocycles. The normalized spacial score (nSPS) is 18.4. The molecular formula is C13H21BrN4O. The van der Waals surface area contributed by atoms with Gasteiger partial charge in [0, 0.05) is 19.6 Å². The number of aliphatic hydroxyl groups is 1. The van der Waals surface area contributed by atoms with E-state index in [1.54, 1.807) is 6.33 Å². The molecule has 5 nitrogen and oxygen atoms in total. The highest BCUT2D eigenvalue weighted by Crippen LogP contribution is 2.32. The highest BCUT2D eigenvalue weighted by molar-refractivity contribution is 9.10. The van der Waals surface area contributed by atoms with E-state index in [1.807, 2.05) is 6.92 Å². The molecule has 0 atom stereocenters. The predicted octanol–water partition coefficient (Wildman–Crippen LogP) is 2.41. The Balaban J connectivity index is 2.12. The second kappa shape index (κ2) is 6.05. The molecule has 2 heterocycles. The molecule has 1 fully saturated rings. The highest BCUT2D eigenvalue weighted by Gasteiger charge is 2.29. The molecule has 0 radical (unpaired) electrons. The topological polar surface area (TPSA) is 61.3 Å². The largest absolute Gasteiger partial charge is 0.390 e. The van der Waals surface area contributed by atoms with Crippen LogP contribution in [-0.2, 0) is 0 Å². The van der Waals surface area contributed by atoms with Gasteiger partial charge in [-0.15, -0.1) is 0 Å². The lowest BCUT2D eigenvalue weighted by Gasteiger charge is -2.36. The van der Waals surface area contributed by atoms with Crippen LogP contribution < -0.4 is 10.2 Å². The first-order chi connectivity index (χ1) is 9.03. The number of piperidine rings is 1. The van der Waals surface area contributed by atoms with E-state index in [4.69, 9.17) is 0 Å². The van der Waals surface area contributed by atoms with E-state index in [0.717, 1.165) is 55.0 Å². The summed E-state index contributed by atoms with van der Waals surface area (Å²) in [4.78, 5) is 10.8. The van der Waals surface area contributed by atoms with Crippen molar-refractivity contribution in [3.8, 4) is 0 Å². The van der Waals surface area contributed by atoms with Crippen molar-refractivity contribution in [2.45, 2.75) is 38.7 Å². The van der Waals surface area contributed by atoms with Gasteiger partial charge in [-0.1, -0.05) is 6.92 Å². The van der Waals surface area contributed by atoms with Crippen LogP contribution in [0.15, 0.2) is 10.8 Å². The zero-order chi connectivity index (χ0) is 13.9. The van der Waals surface area contributed by atoms with E-state index in [1.165, 1.54) is 0 Å². The number of aromatic nitrogens is 2. The van der Waals surface area contributed by atoms with Crippen molar-refractivity contribution in [1.82, 2.24) is 9.97 Å².